The lowest BCUT2D eigenvalue weighted by molar-refractivity contribution is 0.253. The third-order valence-corrected chi connectivity index (χ3v) is 9.65. The first kappa shape index (κ1) is 27.1. The molecule has 4 heterocycles. The monoisotopic (exact) mass is 551 g/mol. The van der Waals surface area contributed by atoms with Gasteiger partial charge in [0.05, 0.1) is 16.9 Å². The molecule has 1 aromatic carbocycles. The maximum absolute atomic E-state index is 15.0. The fraction of sp³-hybridized carbons (Fsp3) is 0.429. The van der Waals surface area contributed by atoms with Crippen LogP contribution in [0.4, 0.5) is 16.0 Å². The van der Waals surface area contributed by atoms with E-state index in [1.807, 2.05) is 19.1 Å². The number of piperidine rings is 1. The molecule has 5 rings (SSSR count). The van der Waals surface area contributed by atoms with Crippen LogP contribution in [0.5, 0.6) is 0 Å². The van der Waals surface area contributed by atoms with Crippen molar-refractivity contribution in [3.05, 3.63) is 71.3 Å². The van der Waals surface area contributed by atoms with Gasteiger partial charge in [-0.05, 0) is 95.9 Å². The highest BCUT2D eigenvalue weighted by atomic mass is 32.2. The van der Waals surface area contributed by atoms with Crippen LogP contribution in [0.3, 0.4) is 0 Å². The van der Waals surface area contributed by atoms with Crippen molar-refractivity contribution in [1.29, 1.82) is 0 Å². The lowest BCUT2D eigenvalue weighted by Crippen LogP contribution is -2.33. The molecule has 0 amide bonds. The number of halogens is 1. The number of rotatable bonds is 6. The van der Waals surface area contributed by atoms with Crippen LogP contribution in [0.15, 0.2) is 42.9 Å². The molecule has 1 aliphatic heterocycles. The van der Waals surface area contributed by atoms with Crippen LogP contribution in [0, 0.1) is 12.7 Å². The van der Waals surface area contributed by atoms with Gasteiger partial charge in [-0.2, -0.15) is 0 Å². The van der Waals surface area contributed by atoms with Gasteiger partial charge in [0.2, 0.25) is 16.0 Å². The van der Waals surface area contributed by atoms with E-state index >= 15 is 4.39 Å². The van der Waals surface area contributed by atoms with Crippen LogP contribution in [0.2, 0.25) is 0 Å². The molecule has 0 spiro atoms. The van der Waals surface area contributed by atoms with Crippen molar-refractivity contribution in [1.82, 2.24) is 28.8 Å². The zero-order chi connectivity index (χ0) is 27.9. The summed E-state index contributed by atoms with van der Waals surface area (Å²) in [5.41, 5.74) is 3.18. The number of fused-ring (bicyclic) bond motifs is 1. The molecule has 1 N–H and O–H groups in total. The van der Waals surface area contributed by atoms with Crippen LogP contribution >= 0.6 is 0 Å². The fourth-order valence-corrected chi connectivity index (χ4v) is 5.94. The van der Waals surface area contributed by atoms with Gasteiger partial charge < -0.3 is 10.2 Å². The lowest BCUT2D eigenvalue weighted by Gasteiger charge is -2.29. The van der Waals surface area contributed by atoms with Crippen molar-refractivity contribution in [2.24, 2.45) is 0 Å². The SMILES string of the molecule is Cc1cnc(Nc2ccc(C3CCN(C)CC3)c(F)c2)nc1Cc1ncc2ccn(S(=O)(=O)C(C)(C)C)c2n1. The second kappa shape index (κ2) is 10.3. The number of benzene rings is 1. The summed E-state index contributed by atoms with van der Waals surface area (Å²) in [5, 5.41) is 3.75. The molecule has 1 saturated heterocycles. The molecule has 4 aromatic rings. The Balaban J connectivity index is 1.37. The van der Waals surface area contributed by atoms with Gasteiger partial charge in [0.15, 0.2) is 5.65 Å². The van der Waals surface area contributed by atoms with Crippen molar-refractivity contribution < 1.29 is 12.8 Å². The maximum Gasteiger partial charge on any atom is 0.245 e. The van der Waals surface area contributed by atoms with E-state index in [-0.39, 0.29) is 18.2 Å². The van der Waals surface area contributed by atoms with E-state index < -0.39 is 14.8 Å². The summed E-state index contributed by atoms with van der Waals surface area (Å²) in [7, 11) is -1.56. The van der Waals surface area contributed by atoms with Gasteiger partial charge in [-0.3, -0.25) is 0 Å². The average Bonchev–Trinajstić information content (AvgIpc) is 3.30. The molecule has 1 fully saturated rings. The van der Waals surface area contributed by atoms with Crippen LogP contribution in [0.25, 0.3) is 11.0 Å². The van der Waals surface area contributed by atoms with Crippen molar-refractivity contribution >= 4 is 32.7 Å². The Morgan fingerprint density at radius 3 is 2.51 bits per heavy atom. The largest absolute Gasteiger partial charge is 0.324 e. The summed E-state index contributed by atoms with van der Waals surface area (Å²) in [5.74, 6) is 0.778. The van der Waals surface area contributed by atoms with E-state index in [9.17, 15) is 8.42 Å². The molecule has 0 unspecified atom stereocenters. The van der Waals surface area contributed by atoms with Crippen molar-refractivity contribution in [2.75, 3.05) is 25.5 Å². The second-order valence-corrected chi connectivity index (χ2v) is 13.8. The van der Waals surface area contributed by atoms with E-state index in [1.165, 1.54) is 16.2 Å². The molecule has 11 heteroatoms. The first-order chi connectivity index (χ1) is 18.4. The average molecular weight is 552 g/mol. The maximum atomic E-state index is 15.0. The fourth-order valence-electron chi connectivity index (χ4n) is 4.76. The van der Waals surface area contributed by atoms with E-state index in [1.54, 1.807) is 39.2 Å². The third kappa shape index (κ3) is 5.51. The topological polar surface area (TPSA) is 106 Å². The molecule has 9 nitrogen and oxygen atoms in total. The summed E-state index contributed by atoms with van der Waals surface area (Å²) in [6.07, 6.45) is 7.01. The van der Waals surface area contributed by atoms with Gasteiger partial charge in [-0.15, -0.1) is 0 Å². The first-order valence-corrected chi connectivity index (χ1v) is 14.5. The number of hydrogen-bond acceptors (Lipinski definition) is 8. The molecule has 206 valence electrons. The Labute approximate surface area is 228 Å². The summed E-state index contributed by atoms with van der Waals surface area (Å²) in [4.78, 5) is 20.3. The Bertz CT molecular complexity index is 1620. The highest BCUT2D eigenvalue weighted by molar-refractivity contribution is 7.91. The Kier molecular flexibility index (Phi) is 7.15. The molecule has 1 aliphatic rings. The molecule has 0 atom stereocenters. The van der Waals surface area contributed by atoms with E-state index in [0.29, 0.717) is 34.2 Å². The number of likely N-dealkylation sites (tertiary alicyclic amines) is 1. The van der Waals surface area contributed by atoms with E-state index in [4.69, 9.17) is 0 Å². The number of aromatic nitrogens is 5. The van der Waals surface area contributed by atoms with Crippen LogP contribution in [0.1, 0.15) is 62.2 Å². The van der Waals surface area contributed by atoms with Gasteiger partial charge in [0.1, 0.15) is 11.6 Å². The van der Waals surface area contributed by atoms with Crippen LogP contribution < -0.4 is 5.32 Å². The Hall–Kier alpha value is -3.44. The zero-order valence-electron chi connectivity index (χ0n) is 22.9. The van der Waals surface area contributed by atoms with E-state index in [0.717, 1.165) is 37.1 Å². The summed E-state index contributed by atoms with van der Waals surface area (Å²) < 4.78 is 41.4. The van der Waals surface area contributed by atoms with E-state index in [2.05, 4.69) is 37.2 Å². The molecule has 0 bridgehead atoms. The van der Waals surface area contributed by atoms with Crippen molar-refractivity contribution in [2.45, 2.75) is 57.6 Å². The minimum absolute atomic E-state index is 0.225. The minimum atomic E-state index is -3.66. The van der Waals surface area contributed by atoms with Crippen LogP contribution in [-0.2, 0) is 16.4 Å². The molecule has 0 radical (unpaired) electrons. The summed E-state index contributed by atoms with van der Waals surface area (Å²) in [6, 6.07) is 6.90. The Morgan fingerprint density at radius 2 is 1.82 bits per heavy atom. The highest BCUT2D eigenvalue weighted by Crippen LogP contribution is 2.31. The highest BCUT2D eigenvalue weighted by Gasteiger charge is 2.32. The predicted molar refractivity (Wildman–Crippen MR) is 150 cm³/mol. The number of hydrogen-bond donors (Lipinski definition) is 1. The van der Waals surface area contributed by atoms with Crippen LogP contribution in [-0.4, -0.2) is 62.1 Å². The van der Waals surface area contributed by atoms with Gasteiger partial charge in [-0.1, -0.05) is 6.07 Å². The smallest absolute Gasteiger partial charge is 0.245 e. The second-order valence-electron chi connectivity index (χ2n) is 11.2. The van der Waals surface area contributed by atoms with Gasteiger partial charge in [-0.25, -0.2) is 36.7 Å². The third-order valence-electron chi connectivity index (χ3n) is 7.29. The summed E-state index contributed by atoms with van der Waals surface area (Å²) in [6.45, 7) is 8.80. The number of nitrogens with one attached hydrogen (secondary N) is 1. The zero-order valence-corrected chi connectivity index (χ0v) is 23.8. The lowest BCUT2D eigenvalue weighted by atomic mass is 9.89. The number of nitrogens with zero attached hydrogens (tertiary/aromatic N) is 6. The molecular formula is C28H34FN7O2S. The van der Waals surface area contributed by atoms with Gasteiger partial charge in [0, 0.05) is 29.7 Å². The Morgan fingerprint density at radius 1 is 1.08 bits per heavy atom. The summed E-state index contributed by atoms with van der Waals surface area (Å²) >= 11 is 0. The molecule has 0 saturated carbocycles. The van der Waals surface area contributed by atoms with Gasteiger partial charge >= 0.3 is 0 Å². The first-order valence-electron chi connectivity index (χ1n) is 13.1. The molecule has 3 aromatic heterocycles. The number of aryl methyl sites for hydroxylation is 1. The minimum Gasteiger partial charge on any atom is -0.324 e. The quantitative estimate of drug-likeness (QED) is 0.365. The predicted octanol–water partition coefficient (Wildman–Crippen LogP) is 4.79. The normalized spacial score (nSPS) is 15.6. The standard InChI is InChI=1S/C28H34FN7O2S/c1-18-16-31-27(32-21-6-7-22(23(29)14-21)19-8-11-35(5)12-9-19)33-24(18)15-25-30-17-20-10-13-36(26(20)34-25)39(37,38)28(2,3)4/h6-7,10,13-14,16-17,19H,8-9,11-12,15H2,1-5H3,(H,31,32,33). The van der Waals surface area contributed by atoms with Crippen molar-refractivity contribution in [3.8, 4) is 0 Å². The van der Waals surface area contributed by atoms with Crippen molar-refractivity contribution in [3.63, 3.8) is 0 Å². The molecule has 39 heavy (non-hydrogen) atoms. The number of anilines is 2. The van der Waals surface area contributed by atoms with Gasteiger partial charge in [0.25, 0.3) is 0 Å². The molecule has 0 aliphatic carbocycles. The molecular weight excluding hydrogens is 517 g/mol.